The van der Waals surface area contributed by atoms with Gasteiger partial charge in [-0.25, -0.2) is 4.79 Å². The molecule has 2 rings (SSSR count). The summed E-state index contributed by atoms with van der Waals surface area (Å²) in [6.07, 6.45) is 0.168. The lowest BCUT2D eigenvalue weighted by Crippen LogP contribution is -2.35. The van der Waals surface area contributed by atoms with E-state index in [0.29, 0.717) is 13.0 Å². The third-order valence-corrected chi connectivity index (χ3v) is 4.60. The summed E-state index contributed by atoms with van der Waals surface area (Å²) in [7, 11) is 1.59. The number of hydrogen-bond acceptors (Lipinski definition) is 4. The van der Waals surface area contributed by atoms with Crippen LogP contribution in [0, 0.1) is 13.8 Å². The first-order chi connectivity index (χ1) is 14.4. The Kier molecular flexibility index (Phi) is 8.87. The lowest BCUT2D eigenvalue weighted by molar-refractivity contribution is -0.133. The zero-order valence-electron chi connectivity index (χ0n) is 17.7. The topological polar surface area (TPSA) is 87.7 Å². The third kappa shape index (κ3) is 7.58. The van der Waals surface area contributed by atoms with E-state index in [1.165, 1.54) is 4.90 Å². The van der Waals surface area contributed by atoms with Crippen LogP contribution in [0.4, 0.5) is 10.5 Å². The summed E-state index contributed by atoms with van der Waals surface area (Å²) in [5.74, 6) is -0.406. The van der Waals surface area contributed by atoms with Crippen molar-refractivity contribution in [1.29, 1.82) is 0 Å². The van der Waals surface area contributed by atoms with Crippen molar-refractivity contribution in [3.05, 3.63) is 65.2 Å². The summed E-state index contributed by atoms with van der Waals surface area (Å²) < 4.78 is 5.11. The molecule has 0 spiro atoms. The number of carbonyl (C=O) groups excluding carboxylic acids is 3. The van der Waals surface area contributed by atoms with E-state index in [9.17, 15) is 14.4 Å². The fourth-order valence-corrected chi connectivity index (χ4v) is 2.89. The van der Waals surface area contributed by atoms with Gasteiger partial charge >= 0.3 is 6.09 Å². The van der Waals surface area contributed by atoms with Crippen LogP contribution in [-0.4, -0.2) is 42.9 Å². The maximum Gasteiger partial charge on any atom is 0.407 e. The van der Waals surface area contributed by atoms with Gasteiger partial charge in [-0.15, -0.1) is 0 Å². The van der Waals surface area contributed by atoms with E-state index in [0.717, 1.165) is 22.4 Å². The minimum atomic E-state index is -0.521. The van der Waals surface area contributed by atoms with Crippen LogP contribution in [0.2, 0.25) is 0 Å². The Morgan fingerprint density at radius 2 is 1.63 bits per heavy atom. The van der Waals surface area contributed by atoms with Gasteiger partial charge in [0.1, 0.15) is 6.61 Å². The molecule has 0 aliphatic rings. The minimum Gasteiger partial charge on any atom is -0.445 e. The fraction of sp³-hybridized carbons (Fsp3) is 0.348. The van der Waals surface area contributed by atoms with Crippen molar-refractivity contribution in [1.82, 2.24) is 10.2 Å². The molecule has 7 heteroatoms. The molecule has 0 radical (unpaired) electrons. The predicted molar refractivity (Wildman–Crippen MR) is 116 cm³/mol. The second-order valence-corrected chi connectivity index (χ2v) is 7.16. The number of rotatable bonds is 9. The van der Waals surface area contributed by atoms with Gasteiger partial charge in [-0.1, -0.05) is 48.5 Å². The van der Waals surface area contributed by atoms with Gasteiger partial charge in [0.05, 0.1) is 6.54 Å². The quantitative estimate of drug-likeness (QED) is 0.619. The molecule has 0 aromatic heterocycles. The number of nitrogens with zero attached hydrogens (tertiary/aromatic N) is 1. The Balaban J connectivity index is 1.64. The van der Waals surface area contributed by atoms with E-state index >= 15 is 0 Å². The second kappa shape index (κ2) is 11.6. The predicted octanol–water partition coefficient (Wildman–Crippen LogP) is 3.41. The maximum absolute atomic E-state index is 12.3. The third-order valence-electron chi connectivity index (χ3n) is 4.60. The van der Waals surface area contributed by atoms with Crippen molar-refractivity contribution in [2.24, 2.45) is 0 Å². The Labute approximate surface area is 177 Å². The molecule has 30 heavy (non-hydrogen) atoms. The van der Waals surface area contributed by atoms with E-state index in [4.69, 9.17) is 4.74 Å². The standard InChI is InChI=1S/C23H29N3O4/c1-17-9-7-10-18(2)22(17)25-20(27)15-26(3)21(28)13-8-14-24-23(29)30-16-19-11-5-4-6-12-19/h4-7,9-12H,8,13-16H2,1-3H3,(H,24,29)(H,25,27). The Morgan fingerprint density at radius 1 is 0.967 bits per heavy atom. The van der Waals surface area contributed by atoms with Crippen LogP contribution in [0.15, 0.2) is 48.5 Å². The van der Waals surface area contributed by atoms with Gasteiger partial charge in [-0.2, -0.15) is 0 Å². The van der Waals surface area contributed by atoms with E-state index in [1.54, 1.807) is 7.05 Å². The van der Waals surface area contributed by atoms with Crippen LogP contribution < -0.4 is 10.6 Å². The van der Waals surface area contributed by atoms with Crippen LogP contribution in [0.5, 0.6) is 0 Å². The van der Waals surface area contributed by atoms with Crippen molar-refractivity contribution in [3.8, 4) is 0 Å². The molecule has 160 valence electrons. The number of benzene rings is 2. The number of ether oxygens (including phenoxy) is 1. The molecular formula is C23H29N3O4. The monoisotopic (exact) mass is 411 g/mol. The van der Waals surface area contributed by atoms with E-state index in [-0.39, 0.29) is 31.4 Å². The molecule has 7 nitrogen and oxygen atoms in total. The first kappa shape index (κ1) is 22.9. The fourth-order valence-electron chi connectivity index (χ4n) is 2.89. The molecule has 2 aromatic rings. The summed E-state index contributed by atoms with van der Waals surface area (Å²) in [5.41, 5.74) is 3.63. The number of aryl methyl sites for hydroxylation is 2. The molecule has 0 atom stereocenters. The molecule has 0 saturated heterocycles. The molecule has 0 bridgehead atoms. The Hall–Kier alpha value is -3.35. The molecule has 2 aromatic carbocycles. The number of carbonyl (C=O) groups is 3. The van der Waals surface area contributed by atoms with Crippen molar-refractivity contribution in [3.63, 3.8) is 0 Å². The van der Waals surface area contributed by atoms with Gasteiger partial charge in [0.2, 0.25) is 11.8 Å². The van der Waals surface area contributed by atoms with Gasteiger partial charge in [-0.05, 0) is 37.0 Å². The van der Waals surface area contributed by atoms with Gasteiger partial charge in [0, 0.05) is 25.7 Å². The largest absolute Gasteiger partial charge is 0.445 e. The van der Waals surface area contributed by atoms with Crippen molar-refractivity contribution in [2.45, 2.75) is 33.3 Å². The number of nitrogens with one attached hydrogen (secondary N) is 2. The Morgan fingerprint density at radius 3 is 2.30 bits per heavy atom. The van der Waals surface area contributed by atoms with Gasteiger partial charge < -0.3 is 20.3 Å². The summed E-state index contributed by atoms with van der Waals surface area (Å²) in [6.45, 7) is 4.34. The Bertz CT molecular complexity index is 848. The smallest absolute Gasteiger partial charge is 0.407 e. The SMILES string of the molecule is Cc1cccc(C)c1NC(=O)CN(C)C(=O)CCCNC(=O)OCc1ccccc1. The molecule has 0 saturated carbocycles. The van der Waals surface area contributed by atoms with Gasteiger partial charge in [0.15, 0.2) is 0 Å². The average Bonchev–Trinajstić information content (AvgIpc) is 2.73. The number of anilines is 1. The normalized spacial score (nSPS) is 10.2. The summed E-state index contributed by atoms with van der Waals surface area (Å²) in [6, 6.07) is 15.2. The zero-order valence-corrected chi connectivity index (χ0v) is 17.7. The number of likely N-dealkylation sites (N-methyl/N-ethyl adjacent to an activating group) is 1. The zero-order chi connectivity index (χ0) is 21.9. The molecule has 2 N–H and O–H groups in total. The second-order valence-electron chi connectivity index (χ2n) is 7.16. The van der Waals surface area contributed by atoms with Crippen LogP contribution in [0.25, 0.3) is 0 Å². The summed E-state index contributed by atoms with van der Waals surface area (Å²) >= 11 is 0. The highest BCUT2D eigenvalue weighted by molar-refractivity contribution is 5.95. The average molecular weight is 412 g/mol. The van der Waals surface area contributed by atoms with Crippen LogP contribution in [-0.2, 0) is 20.9 Å². The highest BCUT2D eigenvalue weighted by Gasteiger charge is 2.14. The molecule has 0 unspecified atom stereocenters. The summed E-state index contributed by atoms with van der Waals surface area (Å²) in [4.78, 5) is 37.6. The lowest BCUT2D eigenvalue weighted by Gasteiger charge is -2.18. The van der Waals surface area contributed by atoms with Crippen LogP contribution in [0.1, 0.15) is 29.5 Å². The van der Waals surface area contributed by atoms with Gasteiger partial charge in [0.25, 0.3) is 0 Å². The van der Waals surface area contributed by atoms with E-state index < -0.39 is 6.09 Å². The van der Waals surface area contributed by atoms with Crippen LogP contribution >= 0.6 is 0 Å². The highest BCUT2D eigenvalue weighted by Crippen LogP contribution is 2.19. The molecule has 0 aliphatic heterocycles. The number of hydrogen-bond donors (Lipinski definition) is 2. The van der Waals surface area contributed by atoms with E-state index in [1.807, 2.05) is 62.4 Å². The highest BCUT2D eigenvalue weighted by atomic mass is 16.5. The lowest BCUT2D eigenvalue weighted by atomic mass is 10.1. The molecular weight excluding hydrogens is 382 g/mol. The maximum atomic E-state index is 12.3. The number of para-hydroxylation sites is 1. The number of amides is 3. The first-order valence-electron chi connectivity index (χ1n) is 9.91. The van der Waals surface area contributed by atoms with Crippen molar-refractivity contribution >= 4 is 23.6 Å². The molecule has 3 amide bonds. The molecule has 0 aliphatic carbocycles. The van der Waals surface area contributed by atoms with Crippen molar-refractivity contribution in [2.75, 3.05) is 25.5 Å². The van der Waals surface area contributed by atoms with E-state index in [2.05, 4.69) is 10.6 Å². The van der Waals surface area contributed by atoms with Crippen LogP contribution in [0.3, 0.4) is 0 Å². The van der Waals surface area contributed by atoms with Crippen molar-refractivity contribution < 1.29 is 19.1 Å². The number of alkyl carbamates (subject to hydrolysis) is 1. The van der Waals surface area contributed by atoms with Gasteiger partial charge in [-0.3, -0.25) is 9.59 Å². The summed E-state index contributed by atoms with van der Waals surface area (Å²) in [5, 5.41) is 5.49. The molecule has 0 heterocycles. The first-order valence-corrected chi connectivity index (χ1v) is 9.91. The molecule has 0 fully saturated rings. The minimum absolute atomic E-state index is 0.0286.